The third-order valence-electron chi connectivity index (χ3n) is 3.01. The minimum Gasteiger partial charge on any atom is -0.479 e. The first-order valence-electron chi connectivity index (χ1n) is 6.07. The SMILES string of the molecule is CC(=O)CCN1C(=O)C(C)Oc2cc(C)ccc21. The molecule has 1 aromatic rings. The van der Waals surface area contributed by atoms with Gasteiger partial charge in [0.1, 0.15) is 11.5 Å². The Kier molecular flexibility index (Phi) is 3.36. The Bertz CT molecular complexity index is 496. The van der Waals surface area contributed by atoms with E-state index in [4.69, 9.17) is 4.74 Å². The average Bonchev–Trinajstić information content (AvgIpc) is 2.29. The Balaban J connectivity index is 2.33. The summed E-state index contributed by atoms with van der Waals surface area (Å²) in [6, 6.07) is 5.72. The van der Waals surface area contributed by atoms with E-state index in [2.05, 4.69) is 0 Å². The normalized spacial score (nSPS) is 18.3. The molecule has 0 spiro atoms. The molecule has 18 heavy (non-hydrogen) atoms. The lowest BCUT2D eigenvalue weighted by atomic mass is 10.1. The summed E-state index contributed by atoms with van der Waals surface area (Å²) in [7, 11) is 0. The molecule has 4 heteroatoms. The summed E-state index contributed by atoms with van der Waals surface area (Å²) in [6.45, 7) is 5.65. The Morgan fingerprint density at radius 3 is 2.83 bits per heavy atom. The van der Waals surface area contributed by atoms with E-state index >= 15 is 0 Å². The van der Waals surface area contributed by atoms with Gasteiger partial charge in [0.05, 0.1) is 5.69 Å². The van der Waals surface area contributed by atoms with Crippen molar-refractivity contribution in [2.45, 2.75) is 33.3 Å². The van der Waals surface area contributed by atoms with Gasteiger partial charge in [-0.05, 0) is 38.5 Å². The van der Waals surface area contributed by atoms with Crippen LogP contribution in [0.4, 0.5) is 5.69 Å². The number of carbonyl (C=O) groups excluding carboxylic acids is 2. The predicted molar refractivity (Wildman–Crippen MR) is 68.9 cm³/mol. The number of amides is 1. The first kappa shape index (κ1) is 12.6. The van der Waals surface area contributed by atoms with Gasteiger partial charge in [-0.2, -0.15) is 0 Å². The van der Waals surface area contributed by atoms with Gasteiger partial charge in [0.2, 0.25) is 0 Å². The summed E-state index contributed by atoms with van der Waals surface area (Å²) in [5.41, 5.74) is 1.84. The molecular formula is C14H17NO3. The molecule has 1 heterocycles. The van der Waals surface area contributed by atoms with E-state index < -0.39 is 6.10 Å². The van der Waals surface area contributed by atoms with Crippen LogP contribution >= 0.6 is 0 Å². The van der Waals surface area contributed by atoms with Crippen molar-refractivity contribution >= 4 is 17.4 Å². The second-order valence-corrected chi connectivity index (χ2v) is 4.67. The molecule has 96 valence electrons. The molecule has 0 saturated heterocycles. The minimum absolute atomic E-state index is 0.0793. The fourth-order valence-electron chi connectivity index (χ4n) is 2.02. The summed E-state index contributed by atoms with van der Waals surface area (Å²) in [5, 5.41) is 0. The summed E-state index contributed by atoms with van der Waals surface area (Å²) in [4.78, 5) is 24.8. The molecule has 1 amide bonds. The highest BCUT2D eigenvalue weighted by Gasteiger charge is 2.31. The van der Waals surface area contributed by atoms with Crippen molar-refractivity contribution in [2.75, 3.05) is 11.4 Å². The third-order valence-corrected chi connectivity index (χ3v) is 3.01. The quantitative estimate of drug-likeness (QED) is 0.821. The van der Waals surface area contributed by atoms with E-state index in [-0.39, 0.29) is 11.7 Å². The zero-order valence-electron chi connectivity index (χ0n) is 10.9. The van der Waals surface area contributed by atoms with Crippen LogP contribution in [0.25, 0.3) is 0 Å². The monoisotopic (exact) mass is 247 g/mol. The van der Waals surface area contributed by atoms with Crippen molar-refractivity contribution in [1.82, 2.24) is 0 Å². The standard InChI is InChI=1S/C14H17NO3/c1-9-4-5-12-13(8-9)18-11(3)14(17)15(12)7-6-10(2)16/h4-5,8,11H,6-7H2,1-3H3. The largest absolute Gasteiger partial charge is 0.479 e. The van der Waals surface area contributed by atoms with Crippen LogP contribution in [-0.2, 0) is 9.59 Å². The number of ketones is 1. The molecule has 0 saturated carbocycles. The molecule has 4 nitrogen and oxygen atoms in total. The second-order valence-electron chi connectivity index (χ2n) is 4.67. The van der Waals surface area contributed by atoms with Gasteiger partial charge in [0.25, 0.3) is 5.91 Å². The molecular weight excluding hydrogens is 230 g/mol. The zero-order chi connectivity index (χ0) is 13.3. The number of rotatable bonds is 3. The van der Waals surface area contributed by atoms with Gasteiger partial charge >= 0.3 is 0 Å². The lowest BCUT2D eigenvalue weighted by molar-refractivity contribution is -0.125. The Labute approximate surface area is 107 Å². The van der Waals surface area contributed by atoms with Crippen molar-refractivity contribution in [1.29, 1.82) is 0 Å². The smallest absolute Gasteiger partial charge is 0.267 e. The van der Waals surface area contributed by atoms with E-state index in [0.717, 1.165) is 11.3 Å². The van der Waals surface area contributed by atoms with Crippen molar-refractivity contribution in [2.24, 2.45) is 0 Å². The van der Waals surface area contributed by atoms with Crippen LogP contribution in [0.3, 0.4) is 0 Å². The summed E-state index contributed by atoms with van der Waals surface area (Å²) in [6.07, 6.45) is -0.127. The summed E-state index contributed by atoms with van der Waals surface area (Å²) < 4.78 is 5.59. The van der Waals surface area contributed by atoms with Gasteiger partial charge in [0.15, 0.2) is 6.10 Å². The van der Waals surface area contributed by atoms with Crippen LogP contribution in [0, 0.1) is 6.92 Å². The highest BCUT2D eigenvalue weighted by molar-refractivity contribution is 6.00. The lowest BCUT2D eigenvalue weighted by Crippen LogP contribution is -2.45. The number of aryl methyl sites for hydroxylation is 1. The van der Waals surface area contributed by atoms with Gasteiger partial charge in [0, 0.05) is 13.0 Å². The second kappa shape index (κ2) is 4.80. The molecule has 0 radical (unpaired) electrons. The number of Topliss-reactive ketones (excluding diaryl/α,β-unsaturated/α-hetero) is 1. The fourth-order valence-corrected chi connectivity index (χ4v) is 2.02. The molecule has 1 aliphatic heterocycles. The first-order chi connectivity index (χ1) is 8.49. The number of carbonyl (C=O) groups is 2. The molecule has 0 fully saturated rings. The van der Waals surface area contributed by atoms with Crippen LogP contribution in [0.2, 0.25) is 0 Å². The van der Waals surface area contributed by atoms with Gasteiger partial charge < -0.3 is 9.64 Å². The number of fused-ring (bicyclic) bond motifs is 1. The van der Waals surface area contributed by atoms with E-state index in [1.165, 1.54) is 6.92 Å². The zero-order valence-corrected chi connectivity index (χ0v) is 10.9. The lowest BCUT2D eigenvalue weighted by Gasteiger charge is -2.33. The molecule has 0 N–H and O–H groups in total. The molecule has 0 bridgehead atoms. The number of hydrogen-bond donors (Lipinski definition) is 0. The molecule has 0 aromatic heterocycles. The van der Waals surface area contributed by atoms with Gasteiger partial charge in [-0.3, -0.25) is 9.59 Å². The van der Waals surface area contributed by atoms with E-state index in [1.807, 2.05) is 25.1 Å². The minimum atomic E-state index is -0.494. The van der Waals surface area contributed by atoms with E-state index in [9.17, 15) is 9.59 Å². The summed E-state index contributed by atoms with van der Waals surface area (Å²) >= 11 is 0. The Morgan fingerprint density at radius 2 is 2.17 bits per heavy atom. The maximum absolute atomic E-state index is 12.1. The first-order valence-corrected chi connectivity index (χ1v) is 6.07. The molecule has 1 aromatic carbocycles. The number of nitrogens with zero attached hydrogens (tertiary/aromatic N) is 1. The van der Waals surface area contributed by atoms with E-state index in [0.29, 0.717) is 18.7 Å². The predicted octanol–water partition coefficient (Wildman–Crippen LogP) is 2.09. The van der Waals surface area contributed by atoms with Crippen molar-refractivity contribution in [3.8, 4) is 5.75 Å². The van der Waals surface area contributed by atoms with Crippen LogP contribution in [-0.4, -0.2) is 24.3 Å². The number of hydrogen-bond acceptors (Lipinski definition) is 3. The van der Waals surface area contributed by atoms with Crippen molar-refractivity contribution in [3.05, 3.63) is 23.8 Å². The number of anilines is 1. The summed E-state index contributed by atoms with van der Waals surface area (Å²) in [5.74, 6) is 0.703. The van der Waals surface area contributed by atoms with Gasteiger partial charge in [-0.25, -0.2) is 0 Å². The molecule has 1 unspecified atom stereocenters. The topological polar surface area (TPSA) is 46.6 Å². The Morgan fingerprint density at radius 1 is 1.44 bits per heavy atom. The highest BCUT2D eigenvalue weighted by atomic mass is 16.5. The van der Waals surface area contributed by atoms with Crippen molar-refractivity contribution < 1.29 is 14.3 Å². The van der Waals surface area contributed by atoms with Crippen molar-refractivity contribution in [3.63, 3.8) is 0 Å². The molecule has 1 atom stereocenters. The number of ether oxygens (including phenoxy) is 1. The van der Waals surface area contributed by atoms with Crippen LogP contribution in [0.15, 0.2) is 18.2 Å². The average molecular weight is 247 g/mol. The Hall–Kier alpha value is -1.84. The van der Waals surface area contributed by atoms with E-state index in [1.54, 1.807) is 11.8 Å². The van der Waals surface area contributed by atoms with Crippen LogP contribution in [0.1, 0.15) is 25.8 Å². The molecule has 1 aliphatic rings. The van der Waals surface area contributed by atoms with Gasteiger partial charge in [-0.15, -0.1) is 0 Å². The maximum Gasteiger partial charge on any atom is 0.267 e. The maximum atomic E-state index is 12.1. The highest BCUT2D eigenvalue weighted by Crippen LogP contribution is 2.34. The van der Waals surface area contributed by atoms with Crippen LogP contribution in [0.5, 0.6) is 5.75 Å². The number of benzene rings is 1. The fraction of sp³-hybridized carbons (Fsp3) is 0.429. The van der Waals surface area contributed by atoms with Gasteiger partial charge in [-0.1, -0.05) is 6.07 Å². The third kappa shape index (κ3) is 2.37. The van der Waals surface area contributed by atoms with Crippen LogP contribution < -0.4 is 9.64 Å². The molecule has 2 rings (SSSR count). The molecule has 0 aliphatic carbocycles.